The Morgan fingerprint density at radius 2 is 2.36 bits per heavy atom. The van der Waals surface area contributed by atoms with Crippen molar-refractivity contribution >= 4 is 0 Å². The first-order valence-corrected chi connectivity index (χ1v) is 5.76. The lowest BCUT2D eigenvalue weighted by atomic mass is 10.1. The molecular formula is C11H23NO2. The quantitative estimate of drug-likeness (QED) is 0.711. The van der Waals surface area contributed by atoms with E-state index in [1.165, 1.54) is 12.8 Å². The maximum Gasteiger partial charge on any atom is 0.0808 e. The standard InChI is InChI=1S/C11H23NO2/c1-10(5-4-7-12)14-9-11-6-2-3-8-13-11/h10-11H,2-9,12H2,1H3. The molecule has 0 aromatic heterocycles. The van der Waals surface area contributed by atoms with Gasteiger partial charge in [0.1, 0.15) is 0 Å². The van der Waals surface area contributed by atoms with E-state index in [0.29, 0.717) is 12.2 Å². The molecule has 0 spiro atoms. The zero-order valence-electron chi connectivity index (χ0n) is 9.21. The highest BCUT2D eigenvalue weighted by Crippen LogP contribution is 2.14. The van der Waals surface area contributed by atoms with E-state index in [0.717, 1.165) is 39.0 Å². The number of hydrogen-bond acceptors (Lipinski definition) is 3. The fourth-order valence-corrected chi connectivity index (χ4v) is 1.70. The van der Waals surface area contributed by atoms with Crippen molar-refractivity contribution in [3.8, 4) is 0 Å². The number of ether oxygens (including phenoxy) is 2. The van der Waals surface area contributed by atoms with Crippen LogP contribution < -0.4 is 5.73 Å². The fourth-order valence-electron chi connectivity index (χ4n) is 1.70. The highest BCUT2D eigenvalue weighted by molar-refractivity contribution is 4.63. The number of rotatable bonds is 6. The second-order valence-electron chi connectivity index (χ2n) is 4.06. The van der Waals surface area contributed by atoms with Crippen molar-refractivity contribution in [3.05, 3.63) is 0 Å². The van der Waals surface area contributed by atoms with E-state index in [1.807, 2.05) is 0 Å². The molecule has 0 aromatic carbocycles. The van der Waals surface area contributed by atoms with E-state index < -0.39 is 0 Å². The van der Waals surface area contributed by atoms with Gasteiger partial charge in [0.15, 0.2) is 0 Å². The first-order valence-electron chi connectivity index (χ1n) is 5.76. The molecule has 0 aromatic rings. The monoisotopic (exact) mass is 201 g/mol. The summed E-state index contributed by atoms with van der Waals surface area (Å²) >= 11 is 0. The van der Waals surface area contributed by atoms with Crippen molar-refractivity contribution in [2.75, 3.05) is 19.8 Å². The van der Waals surface area contributed by atoms with Crippen LogP contribution >= 0.6 is 0 Å². The molecule has 1 fully saturated rings. The summed E-state index contributed by atoms with van der Waals surface area (Å²) in [6, 6.07) is 0. The van der Waals surface area contributed by atoms with Gasteiger partial charge in [0.25, 0.3) is 0 Å². The van der Waals surface area contributed by atoms with E-state index in [4.69, 9.17) is 15.2 Å². The molecule has 1 aliphatic rings. The fraction of sp³-hybridized carbons (Fsp3) is 1.00. The molecule has 14 heavy (non-hydrogen) atoms. The maximum atomic E-state index is 5.70. The van der Waals surface area contributed by atoms with Gasteiger partial charge in [-0.25, -0.2) is 0 Å². The van der Waals surface area contributed by atoms with Gasteiger partial charge >= 0.3 is 0 Å². The van der Waals surface area contributed by atoms with Crippen molar-refractivity contribution in [1.82, 2.24) is 0 Å². The largest absolute Gasteiger partial charge is 0.376 e. The molecule has 2 N–H and O–H groups in total. The van der Waals surface area contributed by atoms with Crippen LogP contribution in [0.1, 0.15) is 39.0 Å². The Balaban J connectivity index is 2.00. The van der Waals surface area contributed by atoms with Gasteiger partial charge in [0, 0.05) is 6.61 Å². The summed E-state index contributed by atoms with van der Waals surface area (Å²) in [6.45, 7) is 4.53. The van der Waals surface area contributed by atoms with Crippen molar-refractivity contribution in [2.45, 2.75) is 51.2 Å². The van der Waals surface area contributed by atoms with Crippen LogP contribution in [0, 0.1) is 0 Å². The minimum Gasteiger partial charge on any atom is -0.376 e. The van der Waals surface area contributed by atoms with Crippen LogP contribution in [0.4, 0.5) is 0 Å². The average molecular weight is 201 g/mol. The minimum absolute atomic E-state index is 0.323. The smallest absolute Gasteiger partial charge is 0.0808 e. The molecule has 3 nitrogen and oxygen atoms in total. The van der Waals surface area contributed by atoms with Crippen molar-refractivity contribution in [3.63, 3.8) is 0 Å². The molecule has 0 bridgehead atoms. The van der Waals surface area contributed by atoms with E-state index in [2.05, 4.69) is 6.92 Å². The highest BCUT2D eigenvalue weighted by Gasteiger charge is 2.14. The van der Waals surface area contributed by atoms with Crippen LogP contribution in [0.15, 0.2) is 0 Å². The molecule has 1 rings (SSSR count). The van der Waals surface area contributed by atoms with Crippen LogP contribution in [-0.4, -0.2) is 32.0 Å². The third-order valence-electron chi connectivity index (χ3n) is 2.66. The van der Waals surface area contributed by atoms with E-state index >= 15 is 0 Å². The van der Waals surface area contributed by atoms with Crippen LogP contribution in [0.2, 0.25) is 0 Å². The summed E-state index contributed by atoms with van der Waals surface area (Å²) in [6.07, 6.45) is 6.41. The van der Waals surface area contributed by atoms with Gasteiger partial charge < -0.3 is 15.2 Å². The van der Waals surface area contributed by atoms with Gasteiger partial charge in [0.05, 0.1) is 18.8 Å². The molecule has 0 amide bonds. The molecule has 1 aliphatic heterocycles. The normalized spacial score (nSPS) is 24.9. The highest BCUT2D eigenvalue weighted by atomic mass is 16.5. The average Bonchev–Trinajstić information content (AvgIpc) is 2.25. The van der Waals surface area contributed by atoms with Gasteiger partial charge in [-0.15, -0.1) is 0 Å². The molecule has 2 atom stereocenters. The lowest BCUT2D eigenvalue weighted by Crippen LogP contribution is -2.26. The molecule has 3 heteroatoms. The zero-order valence-corrected chi connectivity index (χ0v) is 9.21. The molecule has 0 radical (unpaired) electrons. The lowest BCUT2D eigenvalue weighted by Gasteiger charge is -2.24. The molecule has 2 unspecified atom stereocenters. The second-order valence-corrected chi connectivity index (χ2v) is 4.06. The predicted molar refractivity (Wildman–Crippen MR) is 57.3 cm³/mol. The topological polar surface area (TPSA) is 44.5 Å². The van der Waals surface area contributed by atoms with Crippen molar-refractivity contribution in [1.29, 1.82) is 0 Å². The number of nitrogens with two attached hydrogens (primary N) is 1. The molecule has 0 saturated carbocycles. The lowest BCUT2D eigenvalue weighted by molar-refractivity contribution is -0.0605. The summed E-state index contributed by atoms with van der Waals surface area (Å²) < 4.78 is 11.3. The summed E-state index contributed by atoms with van der Waals surface area (Å²) in [5.74, 6) is 0. The summed E-state index contributed by atoms with van der Waals surface area (Å²) in [7, 11) is 0. The Hall–Kier alpha value is -0.120. The second kappa shape index (κ2) is 7.21. The Morgan fingerprint density at radius 1 is 1.50 bits per heavy atom. The Morgan fingerprint density at radius 3 is 3.00 bits per heavy atom. The first kappa shape index (κ1) is 12.0. The van der Waals surface area contributed by atoms with Gasteiger partial charge in [-0.05, 0) is 45.6 Å². The van der Waals surface area contributed by atoms with E-state index in [-0.39, 0.29) is 0 Å². The van der Waals surface area contributed by atoms with E-state index in [1.54, 1.807) is 0 Å². The van der Waals surface area contributed by atoms with Crippen LogP contribution in [0.25, 0.3) is 0 Å². The van der Waals surface area contributed by atoms with Gasteiger partial charge in [-0.1, -0.05) is 0 Å². The van der Waals surface area contributed by atoms with E-state index in [9.17, 15) is 0 Å². The SMILES string of the molecule is CC(CCCN)OCC1CCCCO1. The van der Waals surface area contributed by atoms with Gasteiger partial charge in [0.2, 0.25) is 0 Å². The van der Waals surface area contributed by atoms with Gasteiger partial charge in [-0.2, -0.15) is 0 Å². The third kappa shape index (κ3) is 4.94. The maximum absolute atomic E-state index is 5.70. The zero-order chi connectivity index (χ0) is 10.2. The number of hydrogen-bond donors (Lipinski definition) is 1. The summed E-state index contributed by atoms with van der Waals surface area (Å²) in [4.78, 5) is 0. The van der Waals surface area contributed by atoms with Crippen molar-refractivity contribution < 1.29 is 9.47 Å². The summed E-state index contributed by atoms with van der Waals surface area (Å²) in [5.41, 5.74) is 5.44. The predicted octanol–water partition coefficient (Wildman–Crippen LogP) is 1.70. The molecule has 84 valence electrons. The first-order chi connectivity index (χ1) is 6.83. The Labute approximate surface area is 86.9 Å². The van der Waals surface area contributed by atoms with Gasteiger partial charge in [-0.3, -0.25) is 0 Å². The summed E-state index contributed by atoms with van der Waals surface area (Å²) in [5, 5.41) is 0. The van der Waals surface area contributed by atoms with Crippen LogP contribution in [-0.2, 0) is 9.47 Å². The molecule has 0 aliphatic carbocycles. The molecule has 1 heterocycles. The van der Waals surface area contributed by atoms with Crippen molar-refractivity contribution in [2.24, 2.45) is 5.73 Å². The van der Waals surface area contributed by atoms with Crippen LogP contribution in [0.3, 0.4) is 0 Å². The third-order valence-corrected chi connectivity index (χ3v) is 2.66. The minimum atomic E-state index is 0.323. The van der Waals surface area contributed by atoms with Crippen LogP contribution in [0.5, 0.6) is 0 Å². The Bertz CT molecular complexity index is 135. The molecule has 1 saturated heterocycles. The molecular weight excluding hydrogens is 178 g/mol. The Kier molecular flexibility index (Phi) is 6.15.